The van der Waals surface area contributed by atoms with Crippen molar-refractivity contribution in [1.29, 1.82) is 0 Å². The molecule has 3 rings (SSSR count). The van der Waals surface area contributed by atoms with Crippen molar-refractivity contribution in [3.05, 3.63) is 59.4 Å². The lowest BCUT2D eigenvalue weighted by Crippen LogP contribution is -2.32. The van der Waals surface area contributed by atoms with E-state index in [4.69, 9.17) is 0 Å². The number of carbonyl (C=O) groups is 2. The van der Waals surface area contributed by atoms with Crippen LogP contribution in [0.2, 0.25) is 0 Å². The van der Waals surface area contributed by atoms with Crippen LogP contribution in [0.3, 0.4) is 0 Å². The van der Waals surface area contributed by atoms with Gasteiger partial charge in [0.1, 0.15) is 5.82 Å². The molecule has 1 fully saturated rings. The number of carbonyl (C=O) groups excluding carboxylic acids is 2. The Labute approximate surface area is 188 Å². The molecular weight excluding hydrogens is 433 g/mol. The fourth-order valence-electron chi connectivity index (χ4n) is 3.79. The first-order valence-electron chi connectivity index (χ1n) is 10.8. The van der Waals surface area contributed by atoms with Gasteiger partial charge in [-0.1, -0.05) is 26.7 Å². The van der Waals surface area contributed by atoms with E-state index in [1.54, 1.807) is 38.1 Å². The highest BCUT2D eigenvalue weighted by molar-refractivity contribution is 7.89. The van der Waals surface area contributed by atoms with E-state index < -0.39 is 21.7 Å². The molecule has 0 spiro atoms. The number of benzene rings is 2. The average molecular weight is 462 g/mol. The number of anilines is 1. The Bertz CT molecular complexity index is 1080. The molecule has 2 N–H and O–H groups in total. The average Bonchev–Trinajstić information content (AvgIpc) is 3.28. The minimum Gasteiger partial charge on any atom is -0.349 e. The topological polar surface area (TPSA) is 95.6 Å². The molecule has 0 bridgehead atoms. The van der Waals surface area contributed by atoms with Gasteiger partial charge in [0.2, 0.25) is 10.0 Å². The van der Waals surface area contributed by atoms with Crippen molar-refractivity contribution in [3.63, 3.8) is 0 Å². The molecule has 2 aromatic rings. The maximum absolute atomic E-state index is 14.3. The van der Waals surface area contributed by atoms with Crippen molar-refractivity contribution in [3.8, 4) is 0 Å². The zero-order chi connectivity index (χ0) is 23.3. The lowest BCUT2D eigenvalue weighted by molar-refractivity contribution is 0.0937. The Hall–Kier alpha value is -2.78. The SMILES string of the molecule is CCN(CC)S(=O)(=O)c1ccc(F)c(C(=O)Nc2ccc(C(=O)NC3CCCC3)cc2)c1. The van der Waals surface area contributed by atoms with Crippen LogP contribution in [0.4, 0.5) is 10.1 Å². The molecule has 0 aromatic heterocycles. The van der Waals surface area contributed by atoms with Gasteiger partial charge in [-0.2, -0.15) is 4.31 Å². The van der Waals surface area contributed by atoms with Gasteiger partial charge in [0, 0.05) is 30.4 Å². The minimum atomic E-state index is -3.83. The lowest BCUT2D eigenvalue weighted by atomic mass is 10.1. The second-order valence-electron chi connectivity index (χ2n) is 7.72. The second-order valence-corrected chi connectivity index (χ2v) is 9.66. The predicted molar refractivity (Wildman–Crippen MR) is 121 cm³/mol. The van der Waals surface area contributed by atoms with Crippen molar-refractivity contribution in [2.45, 2.75) is 50.5 Å². The van der Waals surface area contributed by atoms with E-state index in [1.165, 1.54) is 4.31 Å². The van der Waals surface area contributed by atoms with Crippen molar-refractivity contribution in [2.24, 2.45) is 0 Å². The first-order chi connectivity index (χ1) is 15.3. The number of amides is 2. The van der Waals surface area contributed by atoms with Gasteiger partial charge in [-0.25, -0.2) is 12.8 Å². The number of rotatable bonds is 8. The zero-order valence-corrected chi connectivity index (χ0v) is 19.0. The molecule has 1 aliphatic rings. The molecule has 0 saturated heterocycles. The van der Waals surface area contributed by atoms with Crippen LogP contribution in [-0.2, 0) is 10.0 Å². The van der Waals surface area contributed by atoms with Gasteiger partial charge in [0.15, 0.2) is 0 Å². The summed E-state index contributed by atoms with van der Waals surface area (Å²) in [7, 11) is -3.83. The first-order valence-corrected chi connectivity index (χ1v) is 12.2. The van der Waals surface area contributed by atoms with E-state index in [9.17, 15) is 22.4 Å². The molecule has 2 aromatic carbocycles. The third kappa shape index (κ3) is 5.34. The summed E-state index contributed by atoms with van der Waals surface area (Å²) in [5, 5.41) is 5.55. The highest BCUT2D eigenvalue weighted by Crippen LogP contribution is 2.21. The van der Waals surface area contributed by atoms with Gasteiger partial charge in [0.25, 0.3) is 11.8 Å². The van der Waals surface area contributed by atoms with E-state index in [0.29, 0.717) is 11.3 Å². The summed E-state index contributed by atoms with van der Waals surface area (Å²) in [4.78, 5) is 24.8. The number of sulfonamides is 1. The molecule has 0 unspecified atom stereocenters. The fourth-order valence-corrected chi connectivity index (χ4v) is 5.28. The maximum Gasteiger partial charge on any atom is 0.258 e. The van der Waals surface area contributed by atoms with Crippen molar-refractivity contribution in [2.75, 3.05) is 18.4 Å². The third-order valence-corrected chi connectivity index (χ3v) is 7.67. The number of hydrogen-bond acceptors (Lipinski definition) is 4. The molecule has 0 radical (unpaired) electrons. The molecule has 2 amide bonds. The molecule has 0 aliphatic heterocycles. The predicted octanol–water partition coefficient (Wildman–Crippen LogP) is 3.78. The monoisotopic (exact) mass is 461 g/mol. The molecule has 9 heteroatoms. The molecule has 7 nitrogen and oxygen atoms in total. The quantitative estimate of drug-likeness (QED) is 0.625. The van der Waals surface area contributed by atoms with Gasteiger partial charge in [-0.15, -0.1) is 0 Å². The van der Waals surface area contributed by atoms with Crippen LogP contribution in [-0.4, -0.2) is 43.7 Å². The molecule has 0 heterocycles. The van der Waals surface area contributed by atoms with Crippen LogP contribution in [0.25, 0.3) is 0 Å². The van der Waals surface area contributed by atoms with Crippen LogP contribution < -0.4 is 10.6 Å². The summed E-state index contributed by atoms with van der Waals surface area (Å²) in [6.45, 7) is 3.93. The van der Waals surface area contributed by atoms with E-state index in [1.807, 2.05) is 0 Å². The van der Waals surface area contributed by atoms with Gasteiger partial charge in [-0.3, -0.25) is 9.59 Å². The number of nitrogens with zero attached hydrogens (tertiary/aromatic N) is 1. The Morgan fingerprint density at radius 2 is 1.62 bits per heavy atom. The van der Waals surface area contributed by atoms with Gasteiger partial charge in [0.05, 0.1) is 10.5 Å². The van der Waals surface area contributed by atoms with E-state index in [0.717, 1.165) is 43.9 Å². The Balaban J connectivity index is 1.73. The van der Waals surface area contributed by atoms with Gasteiger partial charge < -0.3 is 10.6 Å². The van der Waals surface area contributed by atoms with Crippen LogP contribution in [0, 0.1) is 5.82 Å². The summed E-state index contributed by atoms with van der Waals surface area (Å²) in [5.41, 5.74) is 0.457. The summed E-state index contributed by atoms with van der Waals surface area (Å²) in [6.07, 6.45) is 4.19. The van der Waals surface area contributed by atoms with Crippen LogP contribution in [0.5, 0.6) is 0 Å². The summed E-state index contributed by atoms with van der Waals surface area (Å²) < 4.78 is 40.9. The number of halogens is 1. The second kappa shape index (κ2) is 10.2. The largest absolute Gasteiger partial charge is 0.349 e. The van der Waals surface area contributed by atoms with E-state index in [-0.39, 0.29) is 35.5 Å². The number of hydrogen-bond donors (Lipinski definition) is 2. The molecular formula is C23H28FN3O4S. The summed E-state index contributed by atoms with van der Waals surface area (Å²) in [6, 6.07) is 9.63. The maximum atomic E-state index is 14.3. The Morgan fingerprint density at radius 3 is 2.22 bits per heavy atom. The first kappa shape index (κ1) is 23.9. The highest BCUT2D eigenvalue weighted by atomic mass is 32.2. The van der Waals surface area contributed by atoms with Crippen molar-refractivity contribution >= 4 is 27.5 Å². The van der Waals surface area contributed by atoms with E-state index >= 15 is 0 Å². The molecule has 172 valence electrons. The molecule has 0 atom stereocenters. The summed E-state index contributed by atoms with van der Waals surface area (Å²) >= 11 is 0. The zero-order valence-electron chi connectivity index (χ0n) is 18.2. The summed E-state index contributed by atoms with van der Waals surface area (Å²) in [5.74, 6) is -1.77. The van der Waals surface area contributed by atoms with E-state index in [2.05, 4.69) is 10.6 Å². The number of nitrogens with one attached hydrogen (secondary N) is 2. The Morgan fingerprint density at radius 1 is 1.00 bits per heavy atom. The fraction of sp³-hybridized carbons (Fsp3) is 0.391. The molecule has 1 aliphatic carbocycles. The Kier molecular flexibility index (Phi) is 7.63. The highest BCUT2D eigenvalue weighted by Gasteiger charge is 2.24. The molecule has 1 saturated carbocycles. The lowest BCUT2D eigenvalue weighted by Gasteiger charge is -2.19. The van der Waals surface area contributed by atoms with Gasteiger partial charge >= 0.3 is 0 Å². The molecule has 32 heavy (non-hydrogen) atoms. The minimum absolute atomic E-state index is 0.147. The third-order valence-electron chi connectivity index (χ3n) is 5.62. The van der Waals surface area contributed by atoms with Crippen molar-refractivity contribution < 1.29 is 22.4 Å². The van der Waals surface area contributed by atoms with Crippen LogP contribution in [0.1, 0.15) is 60.2 Å². The van der Waals surface area contributed by atoms with Crippen molar-refractivity contribution in [1.82, 2.24) is 9.62 Å². The standard InChI is InChI=1S/C23H28FN3O4S/c1-3-27(4-2)32(30,31)19-13-14-21(24)20(15-19)23(29)26-18-11-9-16(10-12-18)22(28)25-17-7-5-6-8-17/h9-15,17H,3-8H2,1-2H3,(H,25,28)(H,26,29). The van der Waals surface area contributed by atoms with Crippen LogP contribution >= 0.6 is 0 Å². The van der Waals surface area contributed by atoms with Gasteiger partial charge in [-0.05, 0) is 55.3 Å². The smallest absolute Gasteiger partial charge is 0.258 e. The van der Waals surface area contributed by atoms with Crippen LogP contribution in [0.15, 0.2) is 47.4 Å². The normalized spacial score (nSPS) is 14.5.